The second kappa shape index (κ2) is 9.90. The molecule has 166 valence electrons. The largest absolute Gasteiger partial charge is 0.417 e. The number of amides is 1. The Balaban J connectivity index is 1.42. The first kappa shape index (κ1) is 21.9. The molecular formula is C28H32N2O2. The van der Waals surface area contributed by atoms with Crippen molar-refractivity contribution in [3.63, 3.8) is 0 Å². The van der Waals surface area contributed by atoms with Gasteiger partial charge in [0.1, 0.15) is 5.75 Å². The molecule has 4 heteroatoms. The van der Waals surface area contributed by atoms with Crippen LogP contribution in [0.25, 0.3) is 11.1 Å². The first-order chi connectivity index (χ1) is 15.5. The number of benzene rings is 3. The van der Waals surface area contributed by atoms with Gasteiger partial charge >= 0.3 is 6.09 Å². The summed E-state index contributed by atoms with van der Waals surface area (Å²) in [4.78, 5) is 14.6. The zero-order valence-electron chi connectivity index (χ0n) is 19.2. The number of carbonyl (C=O) groups is 1. The normalized spacial score (nSPS) is 14.1. The molecule has 32 heavy (non-hydrogen) atoms. The Morgan fingerprint density at radius 1 is 0.906 bits per heavy atom. The second-order valence-electron chi connectivity index (χ2n) is 8.84. The van der Waals surface area contributed by atoms with Crippen molar-refractivity contribution in [3.8, 4) is 16.9 Å². The molecule has 0 heterocycles. The Hall–Kier alpha value is -3.27. The fourth-order valence-corrected chi connectivity index (χ4v) is 4.49. The minimum Gasteiger partial charge on any atom is -0.410 e. The molecule has 0 saturated heterocycles. The van der Waals surface area contributed by atoms with Crippen molar-refractivity contribution in [3.05, 3.63) is 77.9 Å². The molecule has 1 saturated carbocycles. The number of hydrogen-bond donors (Lipinski definition) is 1. The highest BCUT2D eigenvalue weighted by molar-refractivity contribution is 5.87. The van der Waals surface area contributed by atoms with Gasteiger partial charge in [-0.2, -0.15) is 0 Å². The molecule has 3 aromatic rings. The quantitative estimate of drug-likeness (QED) is 0.461. The van der Waals surface area contributed by atoms with E-state index in [1.165, 1.54) is 37.7 Å². The first-order valence-corrected chi connectivity index (χ1v) is 11.5. The maximum absolute atomic E-state index is 12.5. The average molecular weight is 429 g/mol. The summed E-state index contributed by atoms with van der Waals surface area (Å²) in [6, 6.07) is 22.4. The predicted octanol–water partition coefficient (Wildman–Crippen LogP) is 7.39. The molecule has 0 aromatic heterocycles. The Labute approximate surface area is 191 Å². The average Bonchev–Trinajstić information content (AvgIpc) is 2.81. The van der Waals surface area contributed by atoms with E-state index in [-0.39, 0.29) is 0 Å². The van der Waals surface area contributed by atoms with Crippen molar-refractivity contribution in [2.24, 2.45) is 0 Å². The highest BCUT2D eigenvalue weighted by Gasteiger charge is 2.16. The van der Waals surface area contributed by atoms with Gasteiger partial charge in [-0.15, -0.1) is 0 Å². The molecule has 0 atom stereocenters. The van der Waals surface area contributed by atoms with Crippen LogP contribution in [0, 0.1) is 6.92 Å². The van der Waals surface area contributed by atoms with Crippen LogP contribution in [0.15, 0.2) is 66.7 Å². The van der Waals surface area contributed by atoms with Crippen LogP contribution in [0.4, 0.5) is 16.2 Å². The van der Waals surface area contributed by atoms with Crippen molar-refractivity contribution < 1.29 is 9.53 Å². The summed E-state index contributed by atoms with van der Waals surface area (Å²) in [5.41, 5.74) is 6.35. The third kappa shape index (κ3) is 5.13. The number of nitrogens with zero attached hydrogens (tertiary/aromatic N) is 1. The van der Waals surface area contributed by atoms with Gasteiger partial charge in [0.25, 0.3) is 0 Å². The number of anilines is 2. The second-order valence-corrected chi connectivity index (χ2v) is 8.84. The summed E-state index contributed by atoms with van der Waals surface area (Å²) in [5.74, 6) is 1.22. The molecular weight excluding hydrogens is 396 g/mol. The molecule has 0 bridgehead atoms. The lowest BCUT2D eigenvalue weighted by Crippen LogP contribution is -2.17. The number of hydrogen-bond acceptors (Lipinski definition) is 3. The fraction of sp³-hybridized carbons (Fsp3) is 0.321. The van der Waals surface area contributed by atoms with Gasteiger partial charge in [-0.3, -0.25) is 5.32 Å². The zero-order valence-corrected chi connectivity index (χ0v) is 19.2. The monoisotopic (exact) mass is 428 g/mol. The van der Waals surface area contributed by atoms with E-state index in [0.717, 1.165) is 28.1 Å². The third-order valence-electron chi connectivity index (χ3n) is 6.42. The van der Waals surface area contributed by atoms with Gasteiger partial charge in [0, 0.05) is 25.5 Å². The molecule has 1 amide bonds. The van der Waals surface area contributed by atoms with Gasteiger partial charge in [0.15, 0.2) is 0 Å². The van der Waals surface area contributed by atoms with E-state index in [2.05, 4.69) is 52.7 Å². The fourth-order valence-electron chi connectivity index (χ4n) is 4.49. The maximum atomic E-state index is 12.5. The number of rotatable bonds is 5. The van der Waals surface area contributed by atoms with Crippen molar-refractivity contribution >= 4 is 17.5 Å². The summed E-state index contributed by atoms with van der Waals surface area (Å²) >= 11 is 0. The van der Waals surface area contributed by atoms with E-state index in [4.69, 9.17) is 4.74 Å². The standard InChI is InChI=1S/C28H32N2O2/c1-20-26(23-14-18-25(19-15-23)30(2)3)10-7-11-27(20)32-28(31)29-24-16-12-22(13-17-24)21-8-5-4-6-9-21/h7,10-19,21H,4-6,8-9H2,1-3H3,(H,29,31). The smallest absolute Gasteiger partial charge is 0.410 e. The number of carbonyl (C=O) groups excluding carboxylic acids is 1. The van der Waals surface area contributed by atoms with Gasteiger partial charge in [-0.05, 0) is 78.3 Å². The molecule has 0 unspecified atom stereocenters. The third-order valence-corrected chi connectivity index (χ3v) is 6.42. The maximum Gasteiger partial charge on any atom is 0.417 e. The molecule has 3 aromatic carbocycles. The SMILES string of the molecule is Cc1c(OC(=O)Nc2ccc(C3CCCCC3)cc2)cccc1-c1ccc(N(C)C)cc1. The van der Waals surface area contributed by atoms with Crippen LogP contribution in [0.1, 0.15) is 49.1 Å². The molecule has 0 aliphatic heterocycles. The van der Waals surface area contributed by atoms with Crippen LogP contribution >= 0.6 is 0 Å². The lowest BCUT2D eigenvalue weighted by Gasteiger charge is -2.22. The van der Waals surface area contributed by atoms with Gasteiger partial charge in [-0.25, -0.2) is 4.79 Å². The Morgan fingerprint density at radius 2 is 1.59 bits per heavy atom. The number of nitrogens with one attached hydrogen (secondary N) is 1. The van der Waals surface area contributed by atoms with Crippen molar-refractivity contribution in [2.75, 3.05) is 24.3 Å². The summed E-state index contributed by atoms with van der Waals surface area (Å²) in [6.07, 6.45) is 6.04. The van der Waals surface area contributed by atoms with Crippen LogP contribution in [0.3, 0.4) is 0 Å². The van der Waals surface area contributed by atoms with Crippen molar-refractivity contribution in [1.29, 1.82) is 0 Å². The Morgan fingerprint density at radius 3 is 2.25 bits per heavy atom. The highest BCUT2D eigenvalue weighted by Crippen LogP contribution is 2.33. The minimum absolute atomic E-state index is 0.473. The molecule has 4 nitrogen and oxygen atoms in total. The molecule has 1 fully saturated rings. The summed E-state index contributed by atoms with van der Waals surface area (Å²) in [5, 5.41) is 2.86. The van der Waals surface area contributed by atoms with E-state index >= 15 is 0 Å². The molecule has 4 rings (SSSR count). The van der Waals surface area contributed by atoms with E-state index < -0.39 is 6.09 Å². The minimum atomic E-state index is -0.473. The topological polar surface area (TPSA) is 41.6 Å². The first-order valence-electron chi connectivity index (χ1n) is 11.5. The molecule has 1 aliphatic rings. The van der Waals surface area contributed by atoms with Crippen LogP contribution in [0.5, 0.6) is 5.75 Å². The van der Waals surface area contributed by atoms with Crippen LogP contribution in [-0.4, -0.2) is 20.2 Å². The van der Waals surface area contributed by atoms with Gasteiger partial charge in [0.2, 0.25) is 0 Å². The van der Waals surface area contributed by atoms with Gasteiger partial charge in [0.05, 0.1) is 0 Å². The van der Waals surface area contributed by atoms with Gasteiger partial charge in [-0.1, -0.05) is 55.7 Å². The van der Waals surface area contributed by atoms with Crippen molar-refractivity contribution in [2.45, 2.75) is 44.9 Å². The van der Waals surface area contributed by atoms with E-state index in [1.807, 2.05) is 45.3 Å². The Bertz CT molecular complexity index is 1050. The number of ether oxygens (including phenoxy) is 1. The lowest BCUT2D eigenvalue weighted by molar-refractivity contribution is 0.215. The van der Waals surface area contributed by atoms with Crippen LogP contribution in [0.2, 0.25) is 0 Å². The molecule has 1 aliphatic carbocycles. The summed E-state index contributed by atoms with van der Waals surface area (Å²) < 4.78 is 5.66. The zero-order chi connectivity index (χ0) is 22.5. The molecule has 0 spiro atoms. The Kier molecular flexibility index (Phi) is 6.79. The van der Waals surface area contributed by atoms with E-state index in [0.29, 0.717) is 11.7 Å². The predicted molar refractivity (Wildman–Crippen MR) is 133 cm³/mol. The lowest BCUT2D eigenvalue weighted by atomic mass is 9.84. The van der Waals surface area contributed by atoms with Crippen LogP contribution in [-0.2, 0) is 0 Å². The highest BCUT2D eigenvalue weighted by atomic mass is 16.6. The molecule has 0 radical (unpaired) electrons. The summed E-state index contributed by atoms with van der Waals surface area (Å²) in [6.45, 7) is 1.98. The van der Waals surface area contributed by atoms with E-state index in [1.54, 1.807) is 0 Å². The molecule has 1 N–H and O–H groups in total. The van der Waals surface area contributed by atoms with Gasteiger partial charge < -0.3 is 9.64 Å². The van der Waals surface area contributed by atoms with E-state index in [9.17, 15) is 4.79 Å². The van der Waals surface area contributed by atoms with Crippen molar-refractivity contribution in [1.82, 2.24) is 0 Å². The van der Waals surface area contributed by atoms with Crippen LogP contribution < -0.4 is 15.0 Å². The summed E-state index contributed by atoms with van der Waals surface area (Å²) in [7, 11) is 4.05.